The first-order valence-electron chi connectivity index (χ1n) is 9.41. The molecule has 3 rings (SSSR count). The van der Waals surface area contributed by atoms with Crippen molar-refractivity contribution in [1.82, 2.24) is 15.8 Å². The van der Waals surface area contributed by atoms with Gasteiger partial charge in [0.2, 0.25) is 11.8 Å². The summed E-state index contributed by atoms with van der Waals surface area (Å²) in [5, 5.41) is 0. The van der Waals surface area contributed by atoms with Crippen LogP contribution in [0.3, 0.4) is 0 Å². The molecule has 0 fully saturated rings. The fourth-order valence-corrected chi connectivity index (χ4v) is 4.16. The van der Waals surface area contributed by atoms with Crippen LogP contribution in [0, 0.1) is 0 Å². The van der Waals surface area contributed by atoms with E-state index in [1.165, 1.54) is 31.2 Å². The fourth-order valence-electron chi connectivity index (χ4n) is 3.53. The molecule has 1 aliphatic rings. The molecule has 0 radical (unpaired) electrons. The van der Waals surface area contributed by atoms with Gasteiger partial charge in [0, 0.05) is 25.3 Å². The highest BCUT2D eigenvalue weighted by Gasteiger charge is 2.30. The summed E-state index contributed by atoms with van der Waals surface area (Å²) in [6.45, 7) is 2.00. The van der Waals surface area contributed by atoms with Gasteiger partial charge in [-0.2, -0.15) is 0 Å². The van der Waals surface area contributed by atoms with Gasteiger partial charge < -0.3 is 4.90 Å². The first kappa shape index (κ1) is 21.5. The van der Waals surface area contributed by atoms with Gasteiger partial charge in [0.15, 0.2) is 9.84 Å². The number of rotatable bonds is 4. The molecule has 0 aromatic heterocycles. The molecule has 0 saturated carbocycles. The molecule has 9 heteroatoms. The standard InChI is InChI=1S/C21H23N3O5S/c1-14(25)24-12-11-15-5-3-4-6-18(15)19(24)13-20(26)22-23-21(27)16-7-9-17(10-8-16)30(2,28)29/h3-10,19H,11-13H2,1-2H3,(H,22,26)(H,23,27). The predicted octanol–water partition coefficient (Wildman–Crippen LogP) is 1.39. The Morgan fingerprint density at radius 2 is 1.70 bits per heavy atom. The van der Waals surface area contributed by atoms with E-state index in [9.17, 15) is 22.8 Å². The van der Waals surface area contributed by atoms with Gasteiger partial charge in [0.05, 0.1) is 17.4 Å². The Morgan fingerprint density at radius 3 is 2.33 bits per heavy atom. The highest BCUT2D eigenvalue weighted by atomic mass is 32.2. The molecule has 30 heavy (non-hydrogen) atoms. The molecule has 0 spiro atoms. The van der Waals surface area contributed by atoms with Gasteiger partial charge in [0.1, 0.15) is 0 Å². The van der Waals surface area contributed by atoms with E-state index >= 15 is 0 Å². The number of carbonyl (C=O) groups excluding carboxylic acids is 3. The molecule has 1 unspecified atom stereocenters. The zero-order valence-corrected chi connectivity index (χ0v) is 17.5. The summed E-state index contributed by atoms with van der Waals surface area (Å²) < 4.78 is 23.0. The van der Waals surface area contributed by atoms with Crippen molar-refractivity contribution < 1.29 is 22.8 Å². The summed E-state index contributed by atoms with van der Waals surface area (Å²) in [5.41, 5.74) is 6.92. The summed E-state index contributed by atoms with van der Waals surface area (Å²) in [6.07, 6.45) is 1.81. The van der Waals surface area contributed by atoms with Crippen molar-refractivity contribution in [1.29, 1.82) is 0 Å². The Labute approximate surface area is 175 Å². The lowest BCUT2D eigenvalue weighted by Crippen LogP contribution is -2.45. The first-order valence-corrected chi connectivity index (χ1v) is 11.3. The van der Waals surface area contributed by atoms with Crippen molar-refractivity contribution in [3.05, 3.63) is 65.2 Å². The predicted molar refractivity (Wildman–Crippen MR) is 110 cm³/mol. The fraction of sp³-hybridized carbons (Fsp3) is 0.286. The monoisotopic (exact) mass is 429 g/mol. The Hall–Kier alpha value is -3.20. The summed E-state index contributed by atoms with van der Waals surface area (Å²) in [4.78, 5) is 38.5. The van der Waals surface area contributed by atoms with E-state index in [0.717, 1.165) is 23.8 Å². The summed E-state index contributed by atoms with van der Waals surface area (Å²) in [7, 11) is -3.36. The van der Waals surface area contributed by atoms with E-state index in [4.69, 9.17) is 0 Å². The number of amides is 3. The van der Waals surface area contributed by atoms with Crippen LogP contribution in [0.5, 0.6) is 0 Å². The molecule has 1 heterocycles. The highest BCUT2D eigenvalue weighted by molar-refractivity contribution is 7.90. The molecule has 2 aromatic rings. The van der Waals surface area contributed by atoms with Crippen LogP contribution in [0.15, 0.2) is 53.4 Å². The van der Waals surface area contributed by atoms with Gasteiger partial charge in [0.25, 0.3) is 5.91 Å². The van der Waals surface area contributed by atoms with Crippen LogP contribution in [0.4, 0.5) is 0 Å². The van der Waals surface area contributed by atoms with Crippen molar-refractivity contribution in [3.63, 3.8) is 0 Å². The zero-order valence-electron chi connectivity index (χ0n) is 16.7. The maximum atomic E-state index is 12.5. The molecular weight excluding hydrogens is 406 g/mol. The minimum atomic E-state index is -3.36. The largest absolute Gasteiger partial charge is 0.335 e. The van der Waals surface area contributed by atoms with Crippen LogP contribution in [0.1, 0.15) is 40.9 Å². The van der Waals surface area contributed by atoms with Crippen molar-refractivity contribution in [2.24, 2.45) is 0 Å². The molecule has 1 aliphatic heterocycles. The van der Waals surface area contributed by atoms with Gasteiger partial charge in [-0.05, 0) is 41.8 Å². The van der Waals surface area contributed by atoms with Gasteiger partial charge in [-0.15, -0.1) is 0 Å². The Balaban J connectivity index is 1.65. The number of hydrogen-bond donors (Lipinski definition) is 2. The van der Waals surface area contributed by atoms with E-state index in [1.54, 1.807) is 4.90 Å². The highest BCUT2D eigenvalue weighted by Crippen LogP contribution is 2.32. The number of hydrazine groups is 1. The van der Waals surface area contributed by atoms with E-state index in [1.807, 2.05) is 24.3 Å². The third-order valence-electron chi connectivity index (χ3n) is 5.06. The lowest BCUT2D eigenvalue weighted by molar-refractivity contribution is -0.133. The molecule has 8 nitrogen and oxygen atoms in total. The molecule has 0 bridgehead atoms. The normalized spacial score (nSPS) is 15.8. The second-order valence-corrected chi connectivity index (χ2v) is 9.20. The molecule has 1 atom stereocenters. The molecule has 2 aromatic carbocycles. The van der Waals surface area contributed by atoms with Crippen LogP contribution >= 0.6 is 0 Å². The number of fused-ring (bicyclic) bond motifs is 1. The van der Waals surface area contributed by atoms with Gasteiger partial charge >= 0.3 is 0 Å². The lowest BCUT2D eigenvalue weighted by Gasteiger charge is -2.36. The van der Waals surface area contributed by atoms with Crippen molar-refractivity contribution in [3.8, 4) is 0 Å². The number of benzene rings is 2. The lowest BCUT2D eigenvalue weighted by atomic mass is 9.90. The second-order valence-electron chi connectivity index (χ2n) is 7.18. The third kappa shape index (κ3) is 4.85. The molecule has 0 saturated heterocycles. The maximum absolute atomic E-state index is 12.5. The van der Waals surface area contributed by atoms with Gasteiger partial charge in [-0.1, -0.05) is 24.3 Å². The van der Waals surface area contributed by atoms with Crippen LogP contribution < -0.4 is 10.9 Å². The summed E-state index contributed by atoms with van der Waals surface area (Å²) >= 11 is 0. The van der Waals surface area contributed by atoms with Crippen molar-refractivity contribution in [2.45, 2.75) is 30.7 Å². The minimum Gasteiger partial charge on any atom is -0.335 e. The summed E-state index contributed by atoms with van der Waals surface area (Å²) in [5.74, 6) is -1.13. The van der Waals surface area contributed by atoms with E-state index < -0.39 is 27.7 Å². The molecule has 158 valence electrons. The smallest absolute Gasteiger partial charge is 0.269 e. The Morgan fingerprint density at radius 1 is 1.03 bits per heavy atom. The van der Waals surface area contributed by atoms with Crippen LogP contribution in [0.25, 0.3) is 0 Å². The van der Waals surface area contributed by atoms with Crippen molar-refractivity contribution in [2.75, 3.05) is 12.8 Å². The minimum absolute atomic E-state index is 0.00386. The number of sulfone groups is 1. The second kappa shape index (κ2) is 8.66. The third-order valence-corrected chi connectivity index (χ3v) is 6.18. The van der Waals surface area contributed by atoms with Crippen LogP contribution in [-0.4, -0.2) is 43.8 Å². The molecule has 2 N–H and O–H groups in total. The summed E-state index contributed by atoms with van der Waals surface area (Å²) in [6, 6.07) is 12.7. The number of carbonyl (C=O) groups is 3. The first-order chi connectivity index (χ1) is 14.2. The van der Waals surface area contributed by atoms with Gasteiger partial charge in [-0.25, -0.2) is 8.42 Å². The molecule has 0 aliphatic carbocycles. The van der Waals surface area contributed by atoms with E-state index in [2.05, 4.69) is 10.9 Å². The Kier molecular flexibility index (Phi) is 6.21. The quantitative estimate of drug-likeness (QED) is 0.713. The maximum Gasteiger partial charge on any atom is 0.269 e. The molecule has 3 amide bonds. The number of nitrogens with one attached hydrogen (secondary N) is 2. The van der Waals surface area contributed by atoms with E-state index in [0.29, 0.717) is 6.54 Å². The van der Waals surface area contributed by atoms with Crippen LogP contribution in [0.2, 0.25) is 0 Å². The van der Waals surface area contributed by atoms with Crippen LogP contribution in [-0.2, 0) is 25.8 Å². The SMILES string of the molecule is CC(=O)N1CCc2ccccc2C1CC(=O)NNC(=O)c1ccc(S(C)(=O)=O)cc1. The number of nitrogens with zero attached hydrogens (tertiary/aromatic N) is 1. The van der Waals surface area contributed by atoms with E-state index in [-0.39, 0.29) is 22.8 Å². The van der Waals surface area contributed by atoms with Gasteiger partial charge in [-0.3, -0.25) is 25.2 Å². The zero-order chi connectivity index (χ0) is 21.9. The number of hydrogen-bond acceptors (Lipinski definition) is 5. The van der Waals surface area contributed by atoms with Crippen molar-refractivity contribution >= 4 is 27.6 Å². The average molecular weight is 429 g/mol. The Bertz CT molecular complexity index is 1080. The molecular formula is C21H23N3O5S. The average Bonchev–Trinajstić information content (AvgIpc) is 2.71. The topological polar surface area (TPSA) is 113 Å².